The molecular formula is C15H27N3O2S. The number of anilines is 1. The largest absolute Gasteiger partial charge is 0.378 e. The molecule has 5 nitrogen and oxygen atoms in total. The maximum absolute atomic E-state index is 5.68. The molecule has 2 heterocycles. The van der Waals surface area contributed by atoms with Gasteiger partial charge in [0, 0.05) is 38.7 Å². The monoisotopic (exact) mass is 313 g/mol. The second-order valence-corrected chi connectivity index (χ2v) is 6.82. The summed E-state index contributed by atoms with van der Waals surface area (Å²) in [5.41, 5.74) is 0.996. The van der Waals surface area contributed by atoms with E-state index in [9.17, 15) is 0 Å². The van der Waals surface area contributed by atoms with Crippen LogP contribution < -0.4 is 10.2 Å². The molecule has 1 aliphatic rings. The third kappa shape index (κ3) is 4.16. The van der Waals surface area contributed by atoms with Gasteiger partial charge in [-0.05, 0) is 26.3 Å². The Morgan fingerprint density at radius 1 is 1.43 bits per heavy atom. The highest BCUT2D eigenvalue weighted by atomic mass is 32.1. The zero-order chi connectivity index (χ0) is 15.3. The second kappa shape index (κ2) is 7.54. The van der Waals surface area contributed by atoms with Crippen molar-refractivity contribution in [2.75, 3.05) is 38.8 Å². The number of thiazole rings is 1. The van der Waals surface area contributed by atoms with E-state index < -0.39 is 0 Å². The lowest BCUT2D eigenvalue weighted by molar-refractivity contribution is -0.00467. The van der Waals surface area contributed by atoms with Gasteiger partial charge in [0.05, 0.1) is 17.9 Å². The highest BCUT2D eigenvalue weighted by molar-refractivity contribution is 7.15. The van der Waals surface area contributed by atoms with Crippen LogP contribution in [-0.4, -0.2) is 44.4 Å². The Morgan fingerprint density at radius 3 is 2.90 bits per heavy atom. The van der Waals surface area contributed by atoms with Gasteiger partial charge in [0.25, 0.3) is 0 Å². The third-order valence-electron chi connectivity index (χ3n) is 4.01. The minimum Gasteiger partial charge on any atom is -0.378 e. The van der Waals surface area contributed by atoms with Gasteiger partial charge < -0.3 is 19.7 Å². The molecule has 0 aromatic carbocycles. The van der Waals surface area contributed by atoms with Crippen LogP contribution in [0.3, 0.4) is 0 Å². The number of hydrogen-bond acceptors (Lipinski definition) is 6. The molecule has 1 N–H and O–H groups in total. The number of methoxy groups -OCH3 is 2. The van der Waals surface area contributed by atoms with Crippen LogP contribution in [0.2, 0.25) is 0 Å². The van der Waals surface area contributed by atoms with Crippen molar-refractivity contribution in [3.05, 3.63) is 10.6 Å². The lowest BCUT2D eigenvalue weighted by atomic mass is 9.95. The van der Waals surface area contributed by atoms with Crippen molar-refractivity contribution < 1.29 is 9.47 Å². The van der Waals surface area contributed by atoms with Gasteiger partial charge in [0.1, 0.15) is 0 Å². The summed E-state index contributed by atoms with van der Waals surface area (Å²) in [4.78, 5) is 8.43. The summed E-state index contributed by atoms with van der Waals surface area (Å²) in [6.45, 7) is 8.67. The van der Waals surface area contributed by atoms with Crippen LogP contribution in [0.1, 0.15) is 37.3 Å². The van der Waals surface area contributed by atoms with Crippen LogP contribution in [0.5, 0.6) is 0 Å². The number of nitrogens with one attached hydrogen (secondary N) is 1. The lowest BCUT2D eigenvalue weighted by Gasteiger charge is -2.39. The molecule has 1 fully saturated rings. The van der Waals surface area contributed by atoms with E-state index in [1.807, 2.05) is 0 Å². The van der Waals surface area contributed by atoms with Crippen LogP contribution in [0.15, 0.2) is 0 Å². The van der Waals surface area contributed by atoms with Crippen molar-refractivity contribution in [2.45, 2.75) is 45.4 Å². The normalized spacial score (nSPS) is 22.8. The van der Waals surface area contributed by atoms with Gasteiger partial charge in [0.2, 0.25) is 0 Å². The fourth-order valence-electron chi connectivity index (χ4n) is 2.67. The summed E-state index contributed by atoms with van der Waals surface area (Å²) < 4.78 is 11.0. The molecule has 0 saturated carbocycles. The van der Waals surface area contributed by atoms with E-state index in [-0.39, 0.29) is 5.60 Å². The molecule has 1 aromatic heterocycles. The van der Waals surface area contributed by atoms with Gasteiger partial charge in [-0.15, -0.1) is 11.3 Å². The first kappa shape index (κ1) is 16.7. The summed E-state index contributed by atoms with van der Waals surface area (Å²) in [6.07, 6.45) is 2.26. The van der Waals surface area contributed by atoms with Crippen LogP contribution in [0.25, 0.3) is 0 Å². The molecule has 21 heavy (non-hydrogen) atoms. The average Bonchev–Trinajstić information content (AvgIpc) is 2.89. The summed E-state index contributed by atoms with van der Waals surface area (Å²) in [5.74, 6) is 0. The van der Waals surface area contributed by atoms with Gasteiger partial charge in [-0.3, -0.25) is 0 Å². The van der Waals surface area contributed by atoms with E-state index in [0.717, 1.165) is 49.8 Å². The fraction of sp³-hybridized carbons (Fsp3) is 0.800. The fourth-order valence-corrected chi connectivity index (χ4v) is 3.72. The molecule has 1 aromatic rings. The Bertz CT molecular complexity index is 452. The molecule has 1 aliphatic heterocycles. The summed E-state index contributed by atoms with van der Waals surface area (Å²) in [5, 5.41) is 4.47. The quantitative estimate of drug-likeness (QED) is 0.837. The first-order valence-electron chi connectivity index (χ1n) is 7.60. The summed E-state index contributed by atoms with van der Waals surface area (Å²) in [6, 6.07) is 0. The molecule has 2 rings (SSSR count). The SMILES string of the molecule is CCNCc1sc(N2CCCC(C)(OC)C2)nc1COC. The van der Waals surface area contributed by atoms with Crippen molar-refractivity contribution in [3.63, 3.8) is 0 Å². The molecule has 1 unspecified atom stereocenters. The molecule has 6 heteroatoms. The molecule has 0 bridgehead atoms. The van der Waals surface area contributed by atoms with Crippen LogP contribution in [-0.2, 0) is 22.6 Å². The maximum Gasteiger partial charge on any atom is 0.186 e. The molecule has 0 spiro atoms. The number of hydrogen-bond donors (Lipinski definition) is 1. The van der Waals surface area contributed by atoms with E-state index in [2.05, 4.69) is 24.1 Å². The zero-order valence-corrected chi connectivity index (χ0v) is 14.4. The minimum absolute atomic E-state index is 0.0623. The Hall–Kier alpha value is -0.690. The Kier molecular flexibility index (Phi) is 5.98. The van der Waals surface area contributed by atoms with E-state index in [4.69, 9.17) is 14.5 Å². The lowest BCUT2D eigenvalue weighted by Crippen LogP contribution is -2.47. The molecule has 0 amide bonds. The van der Waals surface area contributed by atoms with Crippen molar-refractivity contribution in [2.24, 2.45) is 0 Å². The molecule has 120 valence electrons. The molecule has 1 saturated heterocycles. The Balaban J connectivity index is 2.15. The number of ether oxygens (including phenoxy) is 2. The van der Waals surface area contributed by atoms with Crippen LogP contribution in [0.4, 0.5) is 5.13 Å². The molecule has 1 atom stereocenters. The number of aromatic nitrogens is 1. The Morgan fingerprint density at radius 2 is 2.24 bits per heavy atom. The van der Waals surface area contributed by atoms with Crippen molar-refractivity contribution >= 4 is 16.5 Å². The van der Waals surface area contributed by atoms with E-state index in [1.165, 1.54) is 4.88 Å². The predicted molar refractivity (Wildman–Crippen MR) is 87.1 cm³/mol. The average molecular weight is 313 g/mol. The number of piperidine rings is 1. The predicted octanol–water partition coefficient (Wildman–Crippen LogP) is 2.40. The molecular weight excluding hydrogens is 286 g/mol. The second-order valence-electron chi connectivity index (χ2n) is 5.76. The summed E-state index contributed by atoms with van der Waals surface area (Å²) in [7, 11) is 3.53. The van der Waals surface area contributed by atoms with Crippen molar-refractivity contribution in [1.29, 1.82) is 0 Å². The topological polar surface area (TPSA) is 46.6 Å². The highest BCUT2D eigenvalue weighted by Crippen LogP contribution is 2.32. The smallest absolute Gasteiger partial charge is 0.186 e. The van der Waals surface area contributed by atoms with E-state index >= 15 is 0 Å². The summed E-state index contributed by atoms with van der Waals surface area (Å²) >= 11 is 1.77. The van der Waals surface area contributed by atoms with Gasteiger partial charge in [-0.1, -0.05) is 6.92 Å². The van der Waals surface area contributed by atoms with Crippen molar-refractivity contribution in [1.82, 2.24) is 10.3 Å². The Labute approximate surface area is 131 Å². The van der Waals surface area contributed by atoms with Gasteiger partial charge >= 0.3 is 0 Å². The van der Waals surface area contributed by atoms with E-state index in [1.54, 1.807) is 25.6 Å². The molecule has 0 radical (unpaired) electrons. The first-order chi connectivity index (χ1) is 10.1. The number of nitrogens with zero attached hydrogens (tertiary/aromatic N) is 2. The van der Waals surface area contributed by atoms with Crippen LogP contribution in [0, 0.1) is 0 Å². The maximum atomic E-state index is 5.68. The zero-order valence-electron chi connectivity index (χ0n) is 13.6. The van der Waals surface area contributed by atoms with Gasteiger partial charge in [-0.25, -0.2) is 4.98 Å². The number of rotatable bonds is 7. The van der Waals surface area contributed by atoms with Gasteiger partial charge in [0.15, 0.2) is 5.13 Å². The van der Waals surface area contributed by atoms with E-state index in [0.29, 0.717) is 6.61 Å². The van der Waals surface area contributed by atoms with Crippen LogP contribution >= 0.6 is 11.3 Å². The first-order valence-corrected chi connectivity index (χ1v) is 8.42. The molecule has 0 aliphatic carbocycles. The van der Waals surface area contributed by atoms with Crippen molar-refractivity contribution in [3.8, 4) is 0 Å². The third-order valence-corrected chi connectivity index (χ3v) is 5.16. The minimum atomic E-state index is -0.0623. The van der Waals surface area contributed by atoms with Gasteiger partial charge in [-0.2, -0.15) is 0 Å². The standard InChI is InChI=1S/C15H27N3O2S/c1-5-16-9-13-12(10-19-3)17-14(21-13)18-8-6-7-15(2,11-18)20-4/h16H,5-11H2,1-4H3. The highest BCUT2D eigenvalue weighted by Gasteiger charge is 2.32.